The van der Waals surface area contributed by atoms with Gasteiger partial charge in [0, 0.05) is 32.1 Å². The fraction of sp³-hybridized carbons (Fsp3) is 0.308. The van der Waals surface area contributed by atoms with Gasteiger partial charge < -0.3 is 9.80 Å². The van der Waals surface area contributed by atoms with Crippen molar-refractivity contribution in [1.29, 1.82) is 0 Å². The third-order valence-electron chi connectivity index (χ3n) is 2.98. The summed E-state index contributed by atoms with van der Waals surface area (Å²) in [6, 6.07) is 4.72. The summed E-state index contributed by atoms with van der Waals surface area (Å²) in [4.78, 5) is 38.0. The van der Waals surface area contributed by atoms with Gasteiger partial charge in [0.15, 0.2) is 0 Å². The minimum absolute atomic E-state index is 0.0948. The molecule has 0 N–H and O–H groups in total. The van der Waals surface area contributed by atoms with Gasteiger partial charge in [-0.15, -0.1) is 0 Å². The van der Waals surface area contributed by atoms with E-state index in [1.807, 2.05) is 0 Å². The van der Waals surface area contributed by atoms with Crippen molar-refractivity contribution in [2.45, 2.75) is 6.42 Å². The van der Waals surface area contributed by atoms with Gasteiger partial charge >= 0.3 is 0 Å². The zero-order chi connectivity index (χ0) is 14.2. The molecule has 0 saturated carbocycles. The van der Waals surface area contributed by atoms with Crippen molar-refractivity contribution in [1.82, 2.24) is 4.90 Å². The molecule has 1 heterocycles. The van der Waals surface area contributed by atoms with E-state index in [4.69, 9.17) is 11.6 Å². The van der Waals surface area contributed by atoms with E-state index in [2.05, 4.69) is 0 Å². The molecule has 0 bridgehead atoms. The highest BCUT2D eigenvalue weighted by atomic mass is 35.5. The summed E-state index contributed by atoms with van der Waals surface area (Å²) >= 11 is 5.81. The zero-order valence-corrected chi connectivity index (χ0v) is 11.4. The van der Waals surface area contributed by atoms with Crippen LogP contribution in [0.25, 0.3) is 0 Å². The van der Waals surface area contributed by atoms with Gasteiger partial charge in [-0.25, -0.2) is 0 Å². The van der Waals surface area contributed by atoms with Crippen molar-refractivity contribution in [3.8, 4) is 0 Å². The molecule has 1 aliphatic rings. The summed E-state index contributed by atoms with van der Waals surface area (Å²) in [5, 5.41) is 0.408. The molecule has 6 heteroatoms. The van der Waals surface area contributed by atoms with Crippen molar-refractivity contribution in [3.05, 3.63) is 28.8 Å². The highest BCUT2D eigenvalue weighted by Gasteiger charge is 2.35. The Bertz CT molecular complexity index is 569. The highest BCUT2D eigenvalue weighted by molar-refractivity contribution is 6.52. The number of carbonyl (C=O) groups is 3. The van der Waals surface area contributed by atoms with Crippen molar-refractivity contribution in [2.24, 2.45) is 0 Å². The maximum atomic E-state index is 11.9. The first-order valence-electron chi connectivity index (χ1n) is 5.77. The lowest BCUT2D eigenvalue weighted by molar-refractivity contribution is -0.128. The number of amides is 2. The minimum Gasteiger partial charge on any atom is -0.349 e. The van der Waals surface area contributed by atoms with E-state index >= 15 is 0 Å². The third-order valence-corrected chi connectivity index (χ3v) is 3.22. The average molecular weight is 281 g/mol. The van der Waals surface area contributed by atoms with Gasteiger partial charge in [0.1, 0.15) is 0 Å². The van der Waals surface area contributed by atoms with E-state index in [9.17, 15) is 14.4 Å². The molecule has 0 aliphatic carbocycles. The van der Waals surface area contributed by atoms with Crippen LogP contribution in [0.2, 0.25) is 5.02 Å². The molecule has 0 unspecified atom stereocenters. The fourth-order valence-corrected chi connectivity index (χ4v) is 2.10. The van der Waals surface area contributed by atoms with Gasteiger partial charge in [0.2, 0.25) is 5.91 Å². The normalized spacial score (nSPS) is 13.7. The Labute approximate surface area is 115 Å². The number of nitrogens with zero attached hydrogens (tertiary/aromatic N) is 2. The molecule has 0 aromatic heterocycles. The summed E-state index contributed by atoms with van der Waals surface area (Å²) in [7, 11) is 3.29. The van der Waals surface area contributed by atoms with Gasteiger partial charge in [0.25, 0.3) is 11.7 Å². The van der Waals surface area contributed by atoms with Crippen LogP contribution in [-0.4, -0.2) is 43.1 Å². The second kappa shape index (κ2) is 5.01. The molecule has 100 valence electrons. The number of ketones is 1. The molecule has 1 aliphatic heterocycles. The Morgan fingerprint density at radius 3 is 2.63 bits per heavy atom. The summed E-state index contributed by atoms with van der Waals surface area (Å²) < 4.78 is 0. The number of carbonyl (C=O) groups excluding carboxylic acids is 3. The van der Waals surface area contributed by atoms with E-state index in [0.29, 0.717) is 16.3 Å². The predicted molar refractivity (Wildman–Crippen MR) is 71.4 cm³/mol. The first-order chi connectivity index (χ1) is 8.91. The number of anilines is 1. The summed E-state index contributed by atoms with van der Waals surface area (Å²) in [5.41, 5.74) is 0.820. The maximum Gasteiger partial charge on any atom is 0.299 e. The van der Waals surface area contributed by atoms with Crippen LogP contribution in [0.1, 0.15) is 16.8 Å². The van der Waals surface area contributed by atoms with Crippen LogP contribution >= 0.6 is 11.6 Å². The van der Waals surface area contributed by atoms with Gasteiger partial charge in [-0.2, -0.15) is 0 Å². The average Bonchev–Trinajstić information content (AvgIpc) is 2.60. The second-order valence-corrected chi connectivity index (χ2v) is 4.92. The molecule has 19 heavy (non-hydrogen) atoms. The Balaban J connectivity index is 2.22. The van der Waals surface area contributed by atoms with Gasteiger partial charge in [0.05, 0.1) is 11.3 Å². The Hall–Kier alpha value is -1.88. The second-order valence-electron chi connectivity index (χ2n) is 4.49. The van der Waals surface area contributed by atoms with E-state index in [-0.39, 0.29) is 18.9 Å². The van der Waals surface area contributed by atoms with Crippen LogP contribution in [0.3, 0.4) is 0 Å². The Kier molecular flexibility index (Phi) is 3.57. The van der Waals surface area contributed by atoms with E-state index in [0.717, 1.165) is 0 Å². The molecule has 0 fully saturated rings. The van der Waals surface area contributed by atoms with Gasteiger partial charge in [-0.1, -0.05) is 11.6 Å². The molecule has 2 amide bonds. The van der Waals surface area contributed by atoms with Crippen molar-refractivity contribution in [2.75, 3.05) is 25.5 Å². The number of Topliss-reactive ketones (excluding diaryl/α,β-unsaturated/α-hetero) is 1. The largest absolute Gasteiger partial charge is 0.349 e. The Morgan fingerprint density at radius 2 is 2.00 bits per heavy atom. The number of halogens is 1. The molecule has 1 aromatic carbocycles. The molecule has 0 atom stereocenters. The van der Waals surface area contributed by atoms with Crippen LogP contribution in [0.4, 0.5) is 5.69 Å². The van der Waals surface area contributed by atoms with Crippen LogP contribution in [-0.2, 0) is 9.59 Å². The third kappa shape index (κ3) is 2.46. The lowest BCUT2D eigenvalue weighted by Gasteiger charge is -2.17. The van der Waals surface area contributed by atoms with Crippen LogP contribution in [0, 0.1) is 0 Å². The molecule has 0 radical (unpaired) electrons. The number of benzene rings is 1. The van der Waals surface area contributed by atoms with E-state index in [1.54, 1.807) is 26.2 Å². The van der Waals surface area contributed by atoms with Gasteiger partial charge in [-0.3, -0.25) is 14.4 Å². The zero-order valence-electron chi connectivity index (χ0n) is 10.6. The lowest BCUT2D eigenvalue weighted by atomic mass is 10.1. The van der Waals surface area contributed by atoms with Crippen LogP contribution in [0.15, 0.2) is 18.2 Å². The van der Waals surface area contributed by atoms with Crippen LogP contribution in [0.5, 0.6) is 0 Å². The minimum atomic E-state index is -0.608. The number of hydrogen-bond donors (Lipinski definition) is 0. The molecule has 2 rings (SSSR count). The molecular formula is C13H13ClN2O3. The lowest BCUT2D eigenvalue weighted by Crippen LogP contribution is -2.34. The molecular weight excluding hydrogens is 268 g/mol. The number of rotatable bonds is 3. The molecule has 1 aromatic rings. The summed E-state index contributed by atoms with van der Waals surface area (Å²) in [6.07, 6.45) is 0.175. The smallest absolute Gasteiger partial charge is 0.299 e. The first-order valence-corrected chi connectivity index (χ1v) is 6.15. The van der Waals surface area contributed by atoms with E-state index in [1.165, 1.54) is 15.9 Å². The standard InChI is InChI=1S/C13H13ClN2O3/c1-15(2)11(17)5-6-16-10-4-3-8(14)7-9(10)12(18)13(16)19/h3-4,7H,5-6H2,1-2H3. The number of hydrogen-bond acceptors (Lipinski definition) is 3. The highest BCUT2D eigenvalue weighted by Crippen LogP contribution is 2.31. The molecule has 0 spiro atoms. The first kappa shape index (κ1) is 13.5. The van der Waals surface area contributed by atoms with Gasteiger partial charge in [-0.05, 0) is 18.2 Å². The predicted octanol–water partition coefficient (Wildman–Crippen LogP) is 1.35. The molecule has 0 saturated heterocycles. The quantitative estimate of drug-likeness (QED) is 0.785. The number of fused-ring (bicyclic) bond motifs is 1. The SMILES string of the molecule is CN(C)C(=O)CCN1C(=O)C(=O)c2cc(Cl)ccc21. The van der Waals surface area contributed by atoms with E-state index < -0.39 is 11.7 Å². The van der Waals surface area contributed by atoms with Crippen LogP contribution < -0.4 is 4.90 Å². The fourth-order valence-electron chi connectivity index (χ4n) is 1.93. The summed E-state index contributed by atoms with van der Waals surface area (Å²) in [5.74, 6) is -1.28. The van der Waals surface area contributed by atoms with Crippen molar-refractivity contribution >= 4 is 34.9 Å². The van der Waals surface area contributed by atoms with Crippen molar-refractivity contribution in [3.63, 3.8) is 0 Å². The monoisotopic (exact) mass is 280 g/mol. The Morgan fingerprint density at radius 1 is 1.32 bits per heavy atom. The maximum absolute atomic E-state index is 11.9. The topological polar surface area (TPSA) is 57.7 Å². The van der Waals surface area contributed by atoms with Crippen molar-refractivity contribution < 1.29 is 14.4 Å². The summed E-state index contributed by atoms with van der Waals surface area (Å²) in [6.45, 7) is 0.191. The molecule has 5 nitrogen and oxygen atoms in total.